The van der Waals surface area contributed by atoms with Crippen molar-refractivity contribution in [3.05, 3.63) is 79.1 Å². The fourth-order valence-corrected chi connectivity index (χ4v) is 4.26. The Labute approximate surface area is 213 Å². The first-order valence-corrected chi connectivity index (χ1v) is 12.2. The van der Waals surface area contributed by atoms with Gasteiger partial charge in [0, 0.05) is 44.5 Å². The minimum Gasteiger partial charge on any atom is -0.492 e. The minimum atomic E-state index is 0.631. The van der Waals surface area contributed by atoms with Gasteiger partial charge in [-0.2, -0.15) is 0 Å². The van der Waals surface area contributed by atoms with Gasteiger partial charge in [-0.3, -0.25) is 9.30 Å². The minimum absolute atomic E-state index is 0.631. The third kappa shape index (κ3) is 5.42. The number of fused-ring (bicyclic) bond motifs is 1. The number of imidazole rings is 1. The average Bonchev–Trinajstić information content (AvgIpc) is 3.64. The summed E-state index contributed by atoms with van der Waals surface area (Å²) in [6, 6.07) is 14.0. The normalized spacial score (nSPS) is 14.2. The number of hydrogen-bond donors (Lipinski definition) is 1. The van der Waals surface area contributed by atoms with E-state index in [4.69, 9.17) is 9.47 Å². The van der Waals surface area contributed by atoms with Gasteiger partial charge in [0.25, 0.3) is 0 Å². The molecule has 1 N–H and O–H groups in total. The zero-order chi connectivity index (χ0) is 24.9. The Morgan fingerprint density at radius 1 is 0.973 bits per heavy atom. The maximum absolute atomic E-state index is 5.97. The lowest BCUT2D eigenvalue weighted by Gasteiger charge is -2.26. The second-order valence-corrected chi connectivity index (χ2v) is 8.69. The van der Waals surface area contributed by atoms with E-state index in [0.29, 0.717) is 13.2 Å². The summed E-state index contributed by atoms with van der Waals surface area (Å²) in [5, 5.41) is 11.2. The fourth-order valence-electron chi connectivity index (χ4n) is 4.26. The van der Waals surface area contributed by atoms with Crippen molar-refractivity contribution in [3.8, 4) is 22.8 Å². The van der Waals surface area contributed by atoms with Crippen molar-refractivity contribution in [2.45, 2.75) is 6.54 Å². The van der Waals surface area contributed by atoms with Crippen molar-refractivity contribution in [2.24, 2.45) is 0 Å². The van der Waals surface area contributed by atoms with Gasteiger partial charge in [0.1, 0.15) is 30.1 Å². The summed E-state index contributed by atoms with van der Waals surface area (Å²) in [5.41, 5.74) is 4.56. The summed E-state index contributed by atoms with van der Waals surface area (Å²) in [7, 11) is 0. The van der Waals surface area contributed by atoms with Crippen LogP contribution in [0.25, 0.3) is 22.7 Å². The van der Waals surface area contributed by atoms with Crippen molar-refractivity contribution >= 4 is 11.5 Å². The monoisotopic (exact) mass is 497 g/mol. The molecule has 0 spiro atoms. The summed E-state index contributed by atoms with van der Waals surface area (Å²) in [6.07, 6.45) is 8.83. The molecule has 11 heteroatoms. The van der Waals surface area contributed by atoms with Gasteiger partial charge in [-0.15, -0.1) is 5.10 Å². The topological polar surface area (TPSA) is 108 Å². The lowest BCUT2D eigenvalue weighted by molar-refractivity contribution is 0.0322. The maximum Gasteiger partial charge on any atom is 0.140 e. The molecule has 4 aromatic heterocycles. The summed E-state index contributed by atoms with van der Waals surface area (Å²) in [6.45, 7) is 5.65. The molecule has 1 aliphatic heterocycles. The van der Waals surface area contributed by atoms with Crippen LogP contribution in [-0.4, -0.2) is 78.7 Å². The average molecular weight is 498 g/mol. The van der Waals surface area contributed by atoms with Gasteiger partial charge in [0.15, 0.2) is 0 Å². The van der Waals surface area contributed by atoms with Gasteiger partial charge in [0.2, 0.25) is 0 Å². The molecule has 188 valence electrons. The molecule has 0 radical (unpaired) electrons. The molecule has 11 nitrogen and oxygen atoms in total. The molecule has 0 unspecified atom stereocenters. The summed E-state index contributed by atoms with van der Waals surface area (Å²) >= 11 is 0. The number of benzene rings is 1. The number of morpholine rings is 1. The van der Waals surface area contributed by atoms with Gasteiger partial charge < -0.3 is 14.8 Å². The van der Waals surface area contributed by atoms with Gasteiger partial charge in [-0.25, -0.2) is 19.6 Å². The molecule has 1 aliphatic rings. The van der Waals surface area contributed by atoms with Gasteiger partial charge in [0.05, 0.1) is 48.9 Å². The van der Waals surface area contributed by atoms with E-state index in [0.717, 1.165) is 72.7 Å². The summed E-state index contributed by atoms with van der Waals surface area (Å²) < 4.78 is 15.1. The van der Waals surface area contributed by atoms with Crippen molar-refractivity contribution in [1.29, 1.82) is 0 Å². The van der Waals surface area contributed by atoms with Crippen LogP contribution in [0.15, 0.2) is 73.6 Å². The van der Waals surface area contributed by atoms with E-state index < -0.39 is 0 Å². The number of ether oxygens (including phenoxy) is 2. The molecule has 0 saturated carbocycles. The largest absolute Gasteiger partial charge is 0.492 e. The highest BCUT2D eigenvalue weighted by molar-refractivity contribution is 5.63. The Morgan fingerprint density at radius 2 is 1.86 bits per heavy atom. The zero-order valence-electron chi connectivity index (χ0n) is 20.3. The highest BCUT2D eigenvalue weighted by Gasteiger charge is 2.12. The third-order valence-electron chi connectivity index (χ3n) is 6.29. The highest BCUT2D eigenvalue weighted by Crippen LogP contribution is 2.23. The van der Waals surface area contributed by atoms with E-state index in [2.05, 4.69) is 47.6 Å². The van der Waals surface area contributed by atoms with Crippen LogP contribution in [-0.2, 0) is 11.3 Å². The lowest BCUT2D eigenvalue weighted by Crippen LogP contribution is -2.38. The first-order chi connectivity index (χ1) is 18.3. The van der Waals surface area contributed by atoms with Gasteiger partial charge in [-0.05, 0) is 23.8 Å². The summed E-state index contributed by atoms with van der Waals surface area (Å²) in [5.74, 6) is 1.54. The van der Waals surface area contributed by atoms with Crippen LogP contribution in [0, 0.1) is 0 Å². The van der Waals surface area contributed by atoms with Crippen LogP contribution in [0.1, 0.15) is 5.56 Å². The Hall–Kier alpha value is -4.35. The molecule has 0 aliphatic carbocycles. The van der Waals surface area contributed by atoms with Crippen LogP contribution in [0.3, 0.4) is 0 Å². The van der Waals surface area contributed by atoms with Gasteiger partial charge in [-0.1, -0.05) is 17.3 Å². The van der Waals surface area contributed by atoms with Crippen LogP contribution < -0.4 is 10.1 Å². The van der Waals surface area contributed by atoms with Crippen molar-refractivity contribution < 1.29 is 9.47 Å². The van der Waals surface area contributed by atoms with Crippen molar-refractivity contribution in [1.82, 2.24) is 39.2 Å². The molecule has 1 aromatic carbocycles. The molecule has 1 fully saturated rings. The smallest absolute Gasteiger partial charge is 0.140 e. The van der Waals surface area contributed by atoms with Crippen LogP contribution in [0.4, 0.5) is 5.82 Å². The molecule has 0 bridgehead atoms. The van der Waals surface area contributed by atoms with Crippen LogP contribution in [0.2, 0.25) is 0 Å². The van der Waals surface area contributed by atoms with E-state index >= 15 is 0 Å². The predicted octanol–water partition coefficient (Wildman–Crippen LogP) is 2.70. The van der Waals surface area contributed by atoms with E-state index in [1.165, 1.54) is 0 Å². The number of pyridine rings is 1. The van der Waals surface area contributed by atoms with E-state index in [1.54, 1.807) is 17.2 Å². The van der Waals surface area contributed by atoms with E-state index in [9.17, 15) is 0 Å². The molecular formula is C26H27N9O2. The Kier molecular flexibility index (Phi) is 6.69. The molecule has 6 rings (SSSR count). The van der Waals surface area contributed by atoms with Gasteiger partial charge >= 0.3 is 0 Å². The third-order valence-corrected chi connectivity index (χ3v) is 6.29. The number of nitrogens with zero attached hydrogens (tertiary/aromatic N) is 8. The summed E-state index contributed by atoms with van der Waals surface area (Å²) in [4.78, 5) is 15.8. The molecule has 1 saturated heterocycles. The number of anilines is 1. The first-order valence-electron chi connectivity index (χ1n) is 12.2. The molecule has 5 heterocycles. The van der Waals surface area contributed by atoms with Crippen LogP contribution in [0.5, 0.6) is 5.75 Å². The first kappa shape index (κ1) is 23.1. The Balaban J connectivity index is 1.09. The van der Waals surface area contributed by atoms with E-state index in [1.807, 2.05) is 53.3 Å². The molecule has 0 atom stereocenters. The molecule has 37 heavy (non-hydrogen) atoms. The van der Waals surface area contributed by atoms with Crippen molar-refractivity contribution in [2.75, 3.05) is 44.8 Å². The standard InChI is InChI=1S/C26H27N9O2/c1-3-21(35-8-6-31-32-35)4-2-20(1)17-27-25-16-23(29-19-30-25)24-18-28-26-15-22(5-7-34(24)26)37-14-11-33-9-12-36-13-10-33/h1-8,15-16,18-19H,9-14,17H2,(H,27,29,30). The Morgan fingerprint density at radius 3 is 2.70 bits per heavy atom. The Bertz CT molecular complexity index is 1440. The number of aromatic nitrogens is 7. The highest BCUT2D eigenvalue weighted by atomic mass is 16.5. The van der Waals surface area contributed by atoms with E-state index in [-0.39, 0.29) is 0 Å². The zero-order valence-corrected chi connectivity index (χ0v) is 20.3. The molecule has 5 aromatic rings. The number of nitrogens with one attached hydrogen (secondary N) is 1. The fraction of sp³-hybridized carbons (Fsp3) is 0.269. The molecular weight excluding hydrogens is 470 g/mol. The quantitative estimate of drug-likeness (QED) is 0.329. The lowest BCUT2D eigenvalue weighted by atomic mass is 10.2. The second kappa shape index (κ2) is 10.7. The predicted molar refractivity (Wildman–Crippen MR) is 138 cm³/mol. The molecule has 0 amide bonds. The SMILES string of the molecule is c1cn(-c2ccc(CNc3cc(-c4cnc5cc(OCCN6CCOCC6)ccn45)ncn3)cc2)nn1. The second-order valence-electron chi connectivity index (χ2n) is 8.69. The number of rotatable bonds is 9. The number of hydrogen-bond acceptors (Lipinski definition) is 9. The van der Waals surface area contributed by atoms with Crippen molar-refractivity contribution in [3.63, 3.8) is 0 Å². The van der Waals surface area contributed by atoms with Crippen LogP contribution >= 0.6 is 0 Å². The maximum atomic E-state index is 5.97.